The van der Waals surface area contributed by atoms with Gasteiger partial charge >= 0.3 is 0 Å². The number of para-hydroxylation sites is 1. The number of anilines is 3. The molecule has 0 N–H and O–H groups in total. The summed E-state index contributed by atoms with van der Waals surface area (Å²) >= 11 is 0. The standard InChI is InChI=1S/C44H27NO2/c1-2-13-33(14-3-1)45(34-15-8-12-31(26-34)32-18-17-28-9-4-5-11-30(28)25-32)35-20-22-39-38(27-35)43-40(46-39)23-24-41-42(43)37-21-19-29-10-6-7-16-36(29)44(37)47-41/h1-27H. The fraction of sp³-hybridized carbons (Fsp3) is 0. The maximum atomic E-state index is 6.54. The fourth-order valence-corrected chi connectivity index (χ4v) is 7.21. The van der Waals surface area contributed by atoms with Gasteiger partial charge in [-0.1, -0.05) is 97.1 Å². The third-order valence-corrected chi connectivity index (χ3v) is 9.40. The highest BCUT2D eigenvalue weighted by molar-refractivity contribution is 6.28. The number of nitrogens with zero attached hydrogens (tertiary/aromatic N) is 1. The lowest BCUT2D eigenvalue weighted by Crippen LogP contribution is -2.09. The molecule has 0 unspecified atom stereocenters. The van der Waals surface area contributed by atoms with Crippen molar-refractivity contribution in [2.45, 2.75) is 0 Å². The fourth-order valence-electron chi connectivity index (χ4n) is 7.21. The molecule has 0 atom stereocenters. The molecule has 0 aliphatic rings. The Hall–Kier alpha value is -6.32. The summed E-state index contributed by atoms with van der Waals surface area (Å²) in [6.45, 7) is 0. The minimum atomic E-state index is 0.851. The number of rotatable bonds is 4. The number of benzene rings is 8. The van der Waals surface area contributed by atoms with Crippen LogP contribution in [0.5, 0.6) is 0 Å². The zero-order valence-corrected chi connectivity index (χ0v) is 25.4. The van der Waals surface area contributed by atoms with Gasteiger partial charge < -0.3 is 13.7 Å². The highest BCUT2D eigenvalue weighted by atomic mass is 16.3. The van der Waals surface area contributed by atoms with Gasteiger partial charge in [0.25, 0.3) is 0 Å². The zero-order valence-electron chi connectivity index (χ0n) is 25.4. The van der Waals surface area contributed by atoms with E-state index in [1.165, 1.54) is 27.3 Å². The molecule has 8 aromatic carbocycles. The molecule has 0 spiro atoms. The van der Waals surface area contributed by atoms with Crippen LogP contribution in [0.25, 0.3) is 76.5 Å². The topological polar surface area (TPSA) is 29.5 Å². The smallest absolute Gasteiger partial charge is 0.143 e. The summed E-state index contributed by atoms with van der Waals surface area (Å²) in [5.41, 5.74) is 9.05. The second kappa shape index (κ2) is 10.1. The van der Waals surface area contributed by atoms with Crippen molar-refractivity contribution < 1.29 is 8.83 Å². The van der Waals surface area contributed by atoms with E-state index in [9.17, 15) is 0 Å². The first-order valence-electron chi connectivity index (χ1n) is 15.9. The summed E-state index contributed by atoms with van der Waals surface area (Å²) in [6, 6.07) is 57.9. The van der Waals surface area contributed by atoms with Crippen LogP contribution in [0, 0.1) is 0 Å². The molecule has 0 aliphatic heterocycles. The van der Waals surface area contributed by atoms with Crippen LogP contribution in [-0.4, -0.2) is 0 Å². The quantitative estimate of drug-likeness (QED) is 0.201. The minimum absolute atomic E-state index is 0.851. The Morgan fingerprint density at radius 1 is 0.340 bits per heavy atom. The summed E-state index contributed by atoms with van der Waals surface area (Å²) < 4.78 is 13.0. The Morgan fingerprint density at radius 2 is 1.00 bits per heavy atom. The molecule has 0 bridgehead atoms. The molecule has 0 radical (unpaired) electrons. The second-order valence-electron chi connectivity index (χ2n) is 12.1. The molecular weight excluding hydrogens is 574 g/mol. The van der Waals surface area contributed by atoms with E-state index >= 15 is 0 Å². The van der Waals surface area contributed by atoms with Crippen LogP contribution < -0.4 is 4.90 Å². The molecule has 3 heteroatoms. The lowest BCUT2D eigenvalue weighted by Gasteiger charge is -2.26. The summed E-state index contributed by atoms with van der Waals surface area (Å²) in [5, 5.41) is 9.08. The van der Waals surface area contributed by atoms with Crippen molar-refractivity contribution in [3.63, 3.8) is 0 Å². The van der Waals surface area contributed by atoms with Crippen molar-refractivity contribution in [3.8, 4) is 11.1 Å². The first-order chi connectivity index (χ1) is 23.3. The molecule has 0 aliphatic carbocycles. The first kappa shape index (κ1) is 26.0. The molecule has 2 aromatic heterocycles. The van der Waals surface area contributed by atoms with Gasteiger partial charge in [-0.15, -0.1) is 0 Å². The predicted octanol–water partition coefficient (Wildman–Crippen LogP) is 12.9. The van der Waals surface area contributed by atoms with Crippen LogP contribution in [-0.2, 0) is 0 Å². The van der Waals surface area contributed by atoms with Crippen LogP contribution in [0.3, 0.4) is 0 Å². The van der Waals surface area contributed by atoms with Crippen molar-refractivity contribution in [2.24, 2.45) is 0 Å². The summed E-state index contributed by atoms with van der Waals surface area (Å²) in [4.78, 5) is 2.32. The van der Waals surface area contributed by atoms with E-state index < -0.39 is 0 Å². The Balaban J connectivity index is 1.19. The molecule has 10 aromatic rings. The van der Waals surface area contributed by atoms with Crippen LogP contribution >= 0.6 is 0 Å². The van der Waals surface area contributed by atoms with E-state index in [2.05, 4.69) is 157 Å². The molecule has 0 saturated heterocycles. The average molecular weight is 602 g/mol. The van der Waals surface area contributed by atoms with Crippen molar-refractivity contribution in [1.29, 1.82) is 0 Å². The average Bonchev–Trinajstić information content (AvgIpc) is 3.70. The van der Waals surface area contributed by atoms with Crippen LogP contribution in [0.15, 0.2) is 173 Å². The van der Waals surface area contributed by atoms with Gasteiger partial charge in [-0.2, -0.15) is 0 Å². The molecule has 47 heavy (non-hydrogen) atoms. The SMILES string of the molecule is c1ccc(N(c2cccc(-c3ccc4ccccc4c3)c2)c2ccc3oc4ccc5oc6c7ccccc7ccc6c5c4c3c2)cc1. The number of fused-ring (bicyclic) bond motifs is 10. The third-order valence-electron chi connectivity index (χ3n) is 9.40. The van der Waals surface area contributed by atoms with E-state index in [0.717, 1.165) is 66.3 Å². The van der Waals surface area contributed by atoms with Gasteiger partial charge in [-0.25, -0.2) is 0 Å². The maximum absolute atomic E-state index is 6.54. The summed E-state index contributed by atoms with van der Waals surface area (Å²) in [6.07, 6.45) is 0. The predicted molar refractivity (Wildman–Crippen MR) is 196 cm³/mol. The number of furan rings is 2. The lowest BCUT2D eigenvalue weighted by atomic mass is 10.00. The van der Waals surface area contributed by atoms with Crippen molar-refractivity contribution in [3.05, 3.63) is 164 Å². The van der Waals surface area contributed by atoms with Crippen LogP contribution in [0.2, 0.25) is 0 Å². The van der Waals surface area contributed by atoms with Crippen molar-refractivity contribution in [2.75, 3.05) is 4.90 Å². The number of hydrogen-bond donors (Lipinski definition) is 0. The second-order valence-corrected chi connectivity index (χ2v) is 12.1. The van der Waals surface area contributed by atoms with Gasteiger partial charge in [0.1, 0.15) is 22.3 Å². The van der Waals surface area contributed by atoms with E-state index in [0.29, 0.717) is 0 Å². The van der Waals surface area contributed by atoms with Gasteiger partial charge in [0.05, 0.1) is 0 Å². The van der Waals surface area contributed by atoms with Gasteiger partial charge in [0, 0.05) is 44.0 Å². The summed E-state index contributed by atoms with van der Waals surface area (Å²) in [7, 11) is 0. The van der Waals surface area contributed by atoms with Crippen LogP contribution in [0.1, 0.15) is 0 Å². The van der Waals surface area contributed by atoms with Crippen LogP contribution in [0.4, 0.5) is 17.1 Å². The molecule has 10 rings (SSSR count). The normalized spacial score (nSPS) is 11.8. The van der Waals surface area contributed by atoms with E-state index in [1.54, 1.807) is 0 Å². The molecule has 0 amide bonds. The van der Waals surface area contributed by atoms with Gasteiger partial charge in [-0.05, 0) is 94.0 Å². The molecule has 3 nitrogen and oxygen atoms in total. The molecule has 220 valence electrons. The van der Waals surface area contributed by atoms with Gasteiger partial charge in [-0.3, -0.25) is 0 Å². The van der Waals surface area contributed by atoms with E-state index in [-0.39, 0.29) is 0 Å². The highest BCUT2D eigenvalue weighted by Crippen LogP contribution is 2.44. The van der Waals surface area contributed by atoms with Crippen molar-refractivity contribution in [1.82, 2.24) is 0 Å². The largest absolute Gasteiger partial charge is 0.456 e. The van der Waals surface area contributed by atoms with Crippen molar-refractivity contribution >= 4 is 82.5 Å². The third kappa shape index (κ3) is 4.07. The Bertz CT molecular complexity index is 2810. The Kier molecular flexibility index (Phi) is 5.57. The maximum Gasteiger partial charge on any atom is 0.143 e. The lowest BCUT2D eigenvalue weighted by molar-refractivity contribution is 0.664. The van der Waals surface area contributed by atoms with E-state index in [4.69, 9.17) is 8.83 Å². The first-order valence-corrected chi connectivity index (χ1v) is 15.9. The van der Waals surface area contributed by atoms with E-state index in [1.807, 2.05) is 12.1 Å². The summed E-state index contributed by atoms with van der Waals surface area (Å²) in [5.74, 6) is 0. The Labute approximate surface area is 270 Å². The minimum Gasteiger partial charge on any atom is -0.456 e. The molecular formula is C44H27NO2. The molecule has 2 heterocycles. The number of hydrogen-bond acceptors (Lipinski definition) is 3. The highest BCUT2D eigenvalue weighted by Gasteiger charge is 2.20. The van der Waals surface area contributed by atoms with Gasteiger partial charge in [0.15, 0.2) is 0 Å². The Morgan fingerprint density at radius 3 is 1.89 bits per heavy atom. The van der Waals surface area contributed by atoms with Gasteiger partial charge in [0.2, 0.25) is 0 Å². The zero-order chi connectivity index (χ0) is 30.9. The molecule has 0 saturated carbocycles. The molecule has 0 fully saturated rings. The monoisotopic (exact) mass is 601 g/mol.